The molecule has 0 saturated carbocycles. The summed E-state index contributed by atoms with van der Waals surface area (Å²) in [5, 5.41) is -0.00776. The van der Waals surface area contributed by atoms with Crippen molar-refractivity contribution in [3.63, 3.8) is 0 Å². The highest BCUT2D eigenvalue weighted by Gasteiger charge is 2.06. The molecule has 0 bridgehead atoms. The lowest BCUT2D eigenvalue weighted by Gasteiger charge is -2.08. The van der Waals surface area contributed by atoms with Gasteiger partial charge in [-0.15, -0.1) is 0 Å². The van der Waals surface area contributed by atoms with Crippen LogP contribution in [0.4, 0.5) is 10.1 Å². The first kappa shape index (κ1) is 11.1. The lowest BCUT2D eigenvalue weighted by atomic mass is 10.3. The molecule has 1 aromatic rings. The quantitative estimate of drug-likeness (QED) is 0.623. The van der Waals surface area contributed by atoms with Gasteiger partial charge in [0.2, 0.25) is 0 Å². The topological polar surface area (TPSA) is 44.5 Å². The van der Waals surface area contributed by atoms with Crippen LogP contribution in [-0.2, 0) is 4.74 Å². The van der Waals surface area contributed by atoms with Gasteiger partial charge in [0.05, 0.1) is 17.3 Å². The van der Waals surface area contributed by atoms with Crippen LogP contribution in [0.2, 0.25) is 5.02 Å². The van der Waals surface area contributed by atoms with E-state index in [1.807, 2.05) is 0 Å². The first-order chi connectivity index (χ1) is 6.65. The Bertz CT molecular complexity index is 320. The third-order valence-corrected chi connectivity index (χ3v) is 1.89. The first-order valence-electron chi connectivity index (χ1n) is 4.01. The van der Waals surface area contributed by atoms with E-state index < -0.39 is 5.82 Å². The Labute approximate surface area is 86.6 Å². The standard InChI is InChI=1S/C9H11ClFNO2/c1-13-2-3-14-9-4-6(10)7(11)5-8(9)12/h4-5H,2-3,12H2,1H3. The Morgan fingerprint density at radius 1 is 1.43 bits per heavy atom. The number of nitrogens with two attached hydrogens (primary N) is 1. The molecule has 1 aromatic carbocycles. The fourth-order valence-corrected chi connectivity index (χ4v) is 1.06. The van der Waals surface area contributed by atoms with Gasteiger partial charge in [-0.05, 0) is 0 Å². The SMILES string of the molecule is COCCOc1cc(Cl)c(F)cc1N. The van der Waals surface area contributed by atoms with Crippen LogP contribution in [0.15, 0.2) is 12.1 Å². The van der Waals surface area contributed by atoms with Gasteiger partial charge in [0.1, 0.15) is 18.2 Å². The second kappa shape index (κ2) is 5.02. The molecule has 2 N–H and O–H groups in total. The number of nitrogen functional groups attached to an aromatic ring is 1. The van der Waals surface area contributed by atoms with Gasteiger partial charge in [-0.3, -0.25) is 0 Å². The average Bonchev–Trinajstić information content (AvgIpc) is 2.14. The van der Waals surface area contributed by atoms with Crippen LogP contribution >= 0.6 is 11.6 Å². The largest absolute Gasteiger partial charge is 0.489 e. The molecular formula is C9H11ClFNO2. The normalized spacial score (nSPS) is 10.2. The maximum absolute atomic E-state index is 12.9. The molecule has 1 rings (SSSR count). The third-order valence-electron chi connectivity index (χ3n) is 1.60. The Morgan fingerprint density at radius 3 is 2.79 bits per heavy atom. The zero-order chi connectivity index (χ0) is 10.6. The molecule has 0 spiro atoms. The molecule has 0 fully saturated rings. The summed E-state index contributed by atoms with van der Waals surface area (Å²) in [6, 6.07) is 2.48. The van der Waals surface area contributed by atoms with Crippen LogP contribution in [-0.4, -0.2) is 20.3 Å². The number of anilines is 1. The first-order valence-corrected chi connectivity index (χ1v) is 4.39. The van der Waals surface area contributed by atoms with E-state index in [4.69, 9.17) is 26.8 Å². The molecule has 0 aliphatic carbocycles. The Kier molecular flexibility index (Phi) is 3.98. The number of halogens is 2. The van der Waals surface area contributed by atoms with E-state index in [1.165, 1.54) is 6.07 Å². The fourth-order valence-electron chi connectivity index (χ4n) is 0.904. The number of rotatable bonds is 4. The van der Waals surface area contributed by atoms with Crippen molar-refractivity contribution >= 4 is 17.3 Å². The third kappa shape index (κ3) is 2.75. The summed E-state index contributed by atoms with van der Waals surface area (Å²) in [5.41, 5.74) is 5.73. The highest BCUT2D eigenvalue weighted by Crippen LogP contribution is 2.28. The van der Waals surface area contributed by atoms with Crippen molar-refractivity contribution in [2.24, 2.45) is 0 Å². The minimum Gasteiger partial charge on any atom is -0.489 e. The predicted molar refractivity (Wildman–Crippen MR) is 53.2 cm³/mol. The predicted octanol–water partition coefficient (Wildman–Crippen LogP) is 2.09. The lowest BCUT2D eigenvalue weighted by molar-refractivity contribution is 0.146. The van der Waals surface area contributed by atoms with Crippen LogP contribution in [0, 0.1) is 5.82 Å². The molecule has 0 aromatic heterocycles. The number of hydrogen-bond acceptors (Lipinski definition) is 3. The molecule has 0 atom stereocenters. The molecule has 5 heteroatoms. The number of hydrogen-bond donors (Lipinski definition) is 1. The van der Waals surface area contributed by atoms with E-state index in [2.05, 4.69) is 0 Å². The molecule has 0 saturated heterocycles. The van der Waals surface area contributed by atoms with Gasteiger partial charge in [-0.25, -0.2) is 4.39 Å². The van der Waals surface area contributed by atoms with E-state index in [9.17, 15) is 4.39 Å². The highest BCUT2D eigenvalue weighted by molar-refractivity contribution is 6.31. The van der Waals surface area contributed by atoms with Crippen LogP contribution in [0.5, 0.6) is 5.75 Å². The molecule has 3 nitrogen and oxygen atoms in total. The van der Waals surface area contributed by atoms with Crippen LogP contribution in [0.3, 0.4) is 0 Å². The van der Waals surface area contributed by atoms with E-state index in [0.717, 1.165) is 6.07 Å². The summed E-state index contributed by atoms with van der Waals surface area (Å²) in [4.78, 5) is 0. The van der Waals surface area contributed by atoms with Crippen molar-refractivity contribution in [3.05, 3.63) is 23.0 Å². The Morgan fingerprint density at radius 2 is 2.14 bits per heavy atom. The fraction of sp³-hybridized carbons (Fsp3) is 0.333. The van der Waals surface area contributed by atoms with Crippen molar-refractivity contribution in [1.29, 1.82) is 0 Å². The monoisotopic (exact) mass is 219 g/mol. The van der Waals surface area contributed by atoms with Gasteiger partial charge < -0.3 is 15.2 Å². The zero-order valence-corrected chi connectivity index (χ0v) is 8.47. The lowest BCUT2D eigenvalue weighted by Crippen LogP contribution is -2.06. The maximum Gasteiger partial charge on any atom is 0.144 e. The van der Waals surface area contributed by atoms with E-state index >= 15 is 0 Å². The van der Waals surface area contributed by atoms with Crippen molar-refractivity contribution in [3.8, 4) is 5.75 Å². The number of methoxy groups -OCH3 is 1. The molecular weight excluding hydrogens is 209 g/mol. The summed E-state index contributed by atoms with van der Waals surface area (Å²) < 4.78 is 22.9. The second-order valence-corrected chi connectivity index (χ2v) is 3.05. The average molecular weight is 220 g/mol. The molecule has 78 valence electrons. The van der Waals surface area contributed by atoms with Gasteiger partial charge in [-0.1, -0.05) is 11.6 Å². The summed E-state index contributed by atoms with van der Waals surface area (Å²) >= 11 is 5.56. The van der Waals surface area contributed by atoms with Gasteiger partial charge in [0.15, 0.2) is 0 Å². The molecule has 0 aliphatic rings. The molecule has 0 unspecified atom stereocenters. The van der Waals surface area contributed by atoms with Crippen LogP contribution < -0.4 is 10.5 Å². The number of ether oxygens (including phenoxy) is 2. The van der Waals surface area contributed by atoms with Crippen LogP contribution in [0.25, 0.3) is 0 Å². The van der Waals surface area contributed by atoms with Gasteiger partial charge in [0, 0.05) is 19.2 Å². The van der Waals surface area contributed by atoms with Gasteiger partial charge >= 0.3 is 0 Å². The second-order valence-electron chi connectivity index (χ2n) is 2.65. The smallest absolute Gasteiger partial charge is 0.144 e. The molecule has 0 radical (unpaired) electrons. The van der Waals surface area contributed by atoms with Crippen molar-refractivity contribution in [1.82, 2.24) is 0 Å². The van der Waals surface area contributed by atoms with E-state index in [-0.39, 0.29) is 10.7 Å². The Balaban J connectivity index is 2.72. The van der Waals surface area contributed by atoms with Gasteiger partial charge in [0.25, 0.3) is 0 Å². The minimum absolute atomic E-state index is 0.00776. The van der Waals surface area contributed by atoms with E-state index in [0.29, 0.717) is 19.0 Å². The minimum atomic E-state index is -0.553. The summed E-state index contributed by atoms with van der Waals surface area (Å²) in [6.45, 7) is 0.789. The summed E-state index contributed by atoms with van der Waals surface area (Å²) in [5.74, 6) is -0.184. The number of benzene rings is 1. The van der Waals surface area contributed by atoms with Crippen molar-refractivity contribution in [2.75, 3.05) is 26.1 Å². The van der Waals surface area contributed by atoms with Crippen molar-refractivity contribution in [2.45, 2.75) is 0 Å². The zero-order valence-electron chi connectivity index (χ0n) is 7.72. The maximum atomic E-state index is 12.9. The van der Waals surface area contributed by atoms with Crippen LogP contribution in [0.1, 0.15) is 0 Å². The van der Waals surface area contributed by atoms with Gasteiger partial charge in [-0.2, -0.15) is 0 Å². The molecule has 0 heterocycles. The summed E-state index contributed by atoms with van der Waals surface area (Å²) in [6.07, 6.45) is 0. The Hall–Kier alpha value is -1.00. The van der Waals surface area contributed by atoms with E-state index in [1.54, 1.807) is 7.11 Å². The molecule has 0 aliphatic heterocycles. The highest BCUT2D eigenvalue weighted by atomic mass is 35.5. The molecule has 0 amide bonds. The van der Waals surface area contributed by atoms with Crippen molar-refractivity contribution < 1.29 is 13.9 Å². The summed E-state index contributed by atoms with van der Waals surface area (Å²) in [7, 11) is 1.56. The molecule has 14 heavy (non-hydrogen) atoms.